The highest BCUT2D eigenvalue weighted by Crippen LogP contribution is 2.32. The van der Waals surface area contributed by atoms with Crippen LogP contribution in [0.3, 0.4) is 0 Å². The van der Waals surface area contributed by atoms with E-state index in [9.17, 15) is 0 Å². The zero-order valence-corrected chi connectivity index (χ0v) is 10.3. The molecule has 0 fully saturated rings. The molecule has 0 radical (unpaired) electrons. The normalized spacial score (nSPS) is 10.2. The van der Waals surface area contributed by atoms with Crippen molar-refractivity contribution in [1.29, 1.82) is 0 Å². The Kier molecular flexibility index (Phi) is 3.28. The smallest absolute Gasteiger partial charge is 0.124 e. The van der Waals surface area contributed by atoms with E-state index in [1.807, 2.05) is 36.4 Å². The van der Waals surface area contributed by atoms with Gasteiger partial charge in [-0.1, -0.05) is 30.0 Å². The maximum Gasteiger partial charge on any atom is 0.124 e. The fraction of sp³-hybridized carbons (Fsp3) is 0. The van der Waals surface area contributed by atoms with E-state index < -0.39 is 0 Å². The summed E-state index contributed by atoms with van der Waals surface area (Å²) in [6.07, 6.45) is 0. The standard InChI is InChI=1S/C11H9BrN2S/c12-8-4-1-2-5-9(8)15-11-7-3-6-10(13)14-11/h1-7H,(H2,13,14). The summed E-state index contributed by atoms with van der Waals surface area (Å²) in [7, 11) is 0. The van der Waals surface area contributed by atoms with Gasteiger partial charge in [0.25, 0.3) is 0 Å². The minimum absolute atomic E-state index is 0.548. The van der Waals surface area contributed by atoms with Crippen molar-refractivity contribution >= 4 is 33.5 Å². The molecule has 0 aliphatic heterocycles. The Hall–Kier alpha value is -1.000. The molecule has 0 saturated carbocycles. The van der Waals surface area contributed by atoms with Crippen LogP contribution in [0.15, 0.2) is 56.9 Å². The molecule has 0 aliphatic rings. The molecule has 76 valence electrons. The molecular formula is C11H9BrN2S. The van der Waals surface area contributed by atoms with Crippen LogP contribution < -0.4 is 5.73 Å². The van der Waals surface area contributed by atoms with Gasteiger partial charge in [-0.2, -0.15) is 0 Å². The number of benzene rings is 1. The summed E-state index contributed by atoms with van der Waals surface area (Å²) in [5, 5.41) is 0.905. The lowest BCUT2D eigenvalue weighted by molar-refractivity contribution is 1.14. The topological polar surface area (TPSA) is 38.9 Å². The summed E-state index contributed by atoms with van der Waals surface area (Å²) in [4.78, 5) is 5.36. The van der Waals surface area contributed by atoms with Gasteiger partial charge in [-0.25, -0.2) is 4.98 Å². The largest absolute Gasteiger partial charge is 0.384 e. The monoisotopic (exact) mass is 280 g/mol. The van der Waals surface area contributed by atoms with E-state index in [1.165, 1.54) is 0 Å². The van der Waals surface area contributed by atoms with Gasteiger partial charge in [0.1, 0.15) is 10.8 Å². The average Bonchev–Trinajstić information content (AvgIpc) is 2.22. The lowest BCUT2D eigenvalue weighted by Gasteiger charge is -2.03. The van der Waals surface area contributed by atoms with Crippen LogP contribution in [0.1, 0.15) is 0 Å². The molecule has 2 rings (SSSR count). The summed E-state index contributed by atoms with van der Waals surface area (Å²) >= 11 is 5.08. The molecule has 2 N–H and O–H groups in total. The predicted octanol–water partition coefficient (Wildman–Crippen LogP) is 3.58. The van der Waals surface area contributed by atoms with Gasteiger partial charge in [-0.3, -0.25) is 0 Å². The number of hydrogen-bond donors (Lipinski definition) is 1. The second-order valence-corrected chi connectivity index (χ2v) is 4.85. The number of nitrogen functional groups attached to an aromatic ring is 1. The number of aromatic nitrogens is 1. The van der Waals surface area contributed by atoms with Crippen molar-refractivity contribution in [2.24, 2.45) is 0 Å². The van der Waals surface area contributed by atoms with Gasteiger partial charge < -0.3 is 5.73 Å². The molecule has 15 heavy (non-hydrogen) atoms. The lowest BCUT2D eigenvalue weighted by Crippen LogP contribution is -1.89. The van der Waals surface area contributed by atoms with Gasteiger partial charge in [0.05, 0.1) is 0 Å². The van der Waals surface area contributed by atoms with Crippen LogP contribution in [-0.2, 0) is 0 Å². The highest BCUT2D eigenvalue weighted by atomic mass is 79.9. The maximum absolute atomic E-state index is 5.61. The third-order valence-corrected chi connectivity index (χ3v) is 3.76. The first kappa shape index (κ1) is 10.5. The fourth-order valence-electron chi connectivity index (χ4n) is 1.13. The molecule has 1 aromatic heterocycles. The van der Waals surface area contributed by atoms with E-state index in [2.05, 4.69) is 20.9 Å². The van der Waals surface area contributed by atoms with Crippen molar-refractivity contribution in [3.05, 3.63) is 46.9 Å². The summed E-state index contributed by atoms with van der Waals surface area (Å²) in [6, 6.07) is 13.7. The van der Waals surface area contributed by atoms with Gasteiger partial charge in [0.15, 0.2) is 0 Å². The Labute approximate surface area is 101 Å². The van der Waals surface area contributed by atoms with Crippen molar-refractivity contribution in [1.82, 2.24) is 4.98 Å². The van der Waals surface area contributed by atoms with E-state index in [0.717, 1.165) is 14.4 Å². The Morgan fingerprint density at radius 2 is 1.87 bits per heavy atom. The Morgan fingerprint density at radius 1 is 1.07 bits per heavy atom. The van der Waals surface area contributed by atoms with E-state index >= 15 is 0 Å². The fourth-order valence-corrected chi connectivity index (χ4v) is 2.49. The van der Waals surface area contributed by atoms with Crippen molar-refractivity contribution in [2.45, 2.75) is 9.92 Å². The van der Waals surface area contributed by atoms with Crippen molar-refractivity contribution in [3.8, 4) is 0 Å². The quantitative estimate of drug-likeness (QED) is 0.914. The number of rotatable bonds is 2. The molecule has 0 aliphatic carbocycles. The van der Waals surface area contributed by atoms with Crippen LogP contribution in [0.5, 0.6) is 0 Å². The van der Waals surface area contributed by atoms with Gasteiger partial charge >= 0.3 is 0 Å². The summed E-state index contributed by atoms with van der Waals surface area (Å²) in [6.45, 7) is 0. The molecule has 4 heteroatoms. The lowest BCUT2D eigenvalue weighted by atomic mass is 10.4. The molecule has 1 aromatic carbocycles. The van der Waals surface area contributed by atoms with Crippen LogP contribution in [-0.4, -0.2) is 4.98 Å². The average molecular weight is 281 g/mol. The zero-order valence-electron chi connectivity index (χ0n) is 7.85. The molecule has 1 heterocycles. The molecular weight excluding hydrogens is 272 g/mol. The molecule has 0 amide bonds. The predicted molar refractivity (Wildman–Crippen MR) is 66.9 cm³/mol. The number of pyridine rings is 1. The molecule has 0 bridgehead atoms. The van der Waals surface area contributed by atoms with E-state index in [1.54, 1.807) is 17.8 Å². The van der Waals surface area contributed by atoms with E-state index in [4.69, 9.17) is 5.73 Å². The van der Waals surface area contributed by atoms with Crippen molar-refractivity contribution < 1.29 is 0 Å². The number of halogens is 1. The number of nitrogens with zero attached hydrogens (tertiary/aromatic N) is 1. The first-order chi connectivity index (χ1) is 7.25. The molecule has 0 saturated heterocycles. The minimum atomic E-state index is 0.548. The van der Waals surface area contributed by atoms with E-state index in [-0.39, 0.29) is 0 Å². The van der Waals surface area contributed by atoms with Crippen LogP contribution >= 0.6 is 27.7 Å². The second-order valence-electron chi connectivity index (χ2n) is 2.93. The molecule has 2 aromatic rings. The third-order valence-electron chi connectivity index (χ3n) is 1.80. The Morgan fingerprint density at radius 3 is 2.60 bits per heavy atom. The highest BCUT2D eigenvalue weighted by molar-refractivity contribution is 9.10. The summed E-state index contributed by atoms with van der Waals surface area (Å²) in [5.41, 5.74) is 5.61. The second kappa shape index (κ2) is 4.68. The summed E-state index contributed by atoms with van der Waals surface area (Å²) in [5.74, 6) is 0.548. The molecule has 0 unspecified atom stereocenters. The van der Waals surface area contributed by atoms with Gasteiger partial charge in [0.2, 0.25) is 0 Å². The van der Waals surface area contributed by atoms with Crippen molar-refractivity contribution in [3.63, 3.8) is 0 Å². The SMILES string of the molecule is Nc1cccc(Sc2ccccc2Br)n1. The number of anilines is 1. The molecule has 2 nitrogen and oxygen atoms in total. The van der Waals surface area contributed by atoms with Crippen LogP contribution in [0.2, 0.25) is 0 Å². The zero-order chi connectivity index (χ0) is 10.7. The Bertz CT molecular complexity index is 474. The number of hydrogen-bond acceptors (Lipinski definition) is 3. The third kappa shape index (κ3) is 2.73. The maximum atomic E-state index is 5.61. The Balaban J connectivity index is 2.26. The first-order valence-corrected chi connectivity index (χ1v) is 6.01. The van der Waals surface area contributed by atoms with Crippen molar-refractivity contribution in [2.75, 3.05) is 5.73 Å². The van der Waals surface area contributed by atoms with Crippen LogP contribution in [0, 0.1) is 0 Å². The van der Waals surface area contributed by atoms with Gasteiger partial charge in [-0.15, -0.1) is 0 Å². The first-order valence-electron chi connectivity index (χ1n) is 4.40. The molecule has 0 atom stereocenters. The highest BCUT2D eigenvalue weighted by Gasteiger charge is 2.02. The van der Waals surface area contributed by atoms with Crippen LogP contribution in [0.4, 0.5) is 5.82 Å². The number of nitrogens with two attached hydrogens (primary N) is 1. The van der Waals surface area contributed by atoms with Crippen LogP contribution in [0.25, 0.3) is 0 Å². The van der Waals surface area contributed by atoms with E-state index in [0.29, 0.717) is 5.82 Å². The minimum Gasteiger partial charge on any atom is -0.384 e. The van der Waals surface area contributed by atoms with Gasteiger partial charge in [0, 0.05) is 9.37 Å². The molecule has 0 spiro atoms. The van der Waals surface area contributed by atoms with Gasteiger partial charge in [-0.05, 0) is 40.2 Å². The summed E-state index contributed by atoms with van der Waals surface area (Å²) < 4.78 is 1.07.